The van der Waals surface area contributed by atoms with Crippen LogP contribution in [0, 0.1) is 16.7 Å². The van der Waals surface area contributed by atoms with E-state index in [-0.39, 0.29) is 24.5 Å². The molecule has 1 aromatic rings. The Morgan fingerprint density at radius 2 is 1.89 bits per heavy atom. The van der Waals surface area contributed by atoms with E-state index >= 15 is 0 Å². The zero-order valence-electron chi connectivity index (χ0n) is 19.7. The number of aliphatic hydroxyl groups excluding tert-OH is 4. The lowest BCUT2D eigenvalue weighted by Crippen LogP contribution is -2.62. The van der Waals surface area contributed by atoms with Crippen molar-refractivity contribution >= 4 is 11.8 Å². The SMILES string of the molecule is CC12CC(c3ccoc3)OC(=O)C1=CCC1(C)C(OC3OC(CO)C(O)C(O)C3O)CC(=O)CC21. The van der Waals surface area contributed by atoms with Crippen LogP contribution in [0.4, 0.5) is 0 Å². The molecule has 4 aliphatic rings. The molecule has 10 heteroatoms. The number of rotatable bonds is 4. The number of esters is 1. The van der Waals surface area contributed by atoms with Crippen LogP contribution in [0.5, 0.6) is 0 Å². The molecule has 0 spiro atoms. The van der Waals surface area contributed by atoms with Crippen LogP contribution >= 0.6 is 0 Å². The van der Waals surface area contributed by atoms with Gasteiger partial charge in [0.05, 0.1) is 25.2 Å². The summed E-state index contributed by atoms with van der Waals surface area (Å²) in [6.07, 6.45) is -2.07. The molecule has 2 aliphatic carbocycles. The average Bonchev–Trinajstić information content (AvgIpc) is 3.35. The quantitative estimate of drug-likeness (QED) is 0.443. The van der Waals surface area contributed by atoms with Crippen LogP contribution in [0.25, 0.3) is 0 Å². The molecular formula is C25H32O10. The normalized spacial score (nSPS) is 45.8. The van der Waals surface area contributed by atoms with Crippen LogP contribution in [-0.2, 0) is 23.8 Å². The predicted octanol–water partition coefficient (Wildman–Crippen LogP) is 0.774. The second-order valence-electron chi connectivity index (χ2n) is 10.7. The first-order valence-corrected chi connectivity index (χ1v) is 12.0. The van der Waals surface area contributed by atoms with Crippen molar-refractivity contribution in [3.63, 3.8) is 0 Å². The minimum absolute atomic E-state index is 0.0386. The summed E-state index contributed by atoms with van der Waals surface area (Å²) < 4.78 is 22.6. The molecule has 2 saturated heterocycles. The maximum atomic E-state index is 13.0. The maximum absolute atomic E-state index is 13.0. The van der Waals surface area contributed by atoms with Crippen molar-refractivity contribution in [1.82, 2.24) is 0 Å². The lowest BCUT2D eigenvalue weighted by atomic mass is 9.48. The number of Topliss-reactive ketones (excluding diaryl/α,β-unsaturated/α-hetero) is 1. The third-order valence-electron chi connectivity index (χ3n) is 8.65. The summed E-state index contributed by atoms with van der Waals surface area (Å²) in [5.41, 5.74) is 0.0455. The Morgan fingerprint density at radius 1 is 1.11 bits per heavy atom. The number of aliphatic hydroxyl groups is 4. The zero-order valence-corrected chi connectivity index (χ0v) is 19.7. The third kappa shape index (κ3) is 3.87. The van der Waals surface area contributed by atoms with E-state index < -0.39 is 66.3 Å². The first kappa shape index (κ1) is 24.6. The molecule has 35 heavy (non-hydrogen) atoms. The summed E-state index contributed by atoms with van der Waals surface area (Å²) in [5, 5.41) is 40.3. The lowest BCUT2D eigenvalue weighted by molar-refractivity contribution is -0.324. The smallest absolute Gasteiger partial charge is 0.334 e. The number of cyclic esters (lactones) is 1. The van der Waals surface area contributed by atoms with Crippen molar-refractivity contribution in [2.75, 3.05) is 6.61 Å². The number of ether oxygens (including phenoxy) is 3. The highest BCUT2D eigenvalue weighted by molar-refractivity contribution is 5.92. The van der Waals surface area contributed by atoms with Crippen LogP contribution in [0.3, 0.4) is 0 Å². The highest BCUT2D eigenvalue weighted by Gasteiger charge is 2.61. The van der Waals surface area contributed by atoms with Gasteiger partial charge in [0, 0.05) is 34.8 Å². The summed E-state index contributed by atoms with van der Waals surface area (Å²) in [6, 6.07) is 1.76. The van der Waals surface area contributed by atoms with Crippen LogP contribution in [-0.4, -0.2) is 75.6 Å². The molecule has 0 radical (unpaired) electrons. The van der Waals surface area contributed by atoms with Gasteiger partial charge in [-0.2, -0.15) is 0 Å². The van der Waals surface area contributed by atoms with Crippen molar-refractivity contribution in [3.05, 3.63) is 35.8 Å². The minimum atomic E-state index is -1.58. The molecule has 4 N–H and O–H groups in total. The van der Waals surface area contributed by atoms with E-state index in [2.05, 4.69) is 0 Å². The molecule has 192 valence electrons. The Morgan fingerprint density at radius 3 is 2.57 bits per heavy atom. The van der Waals surface area contributed by atoms with Gasteiger partial charge >= 0.3 is 5.97 Å². The van der Waals surface area contributed by atoms with Crippen LogP contribution in [0.15, 0.2) is 34.7 Å². The largest absolute Gasteiger partial charge is 0.472 e. The average molecular weight is 493 g/mol. The Balaban J connectivity index is 1.46. The summed E-state index contributed by atoms with van der Waals surface area (Å²) in [4.78, 5) is 26.0. The van der Waals surface area contributed by atoms with Crippen molar-refractivity contribution < 1.29 is 48.6 Å². The third-order valence-corrected chi connectivity index (χ3v) is 8.65. The van der Waals surface area contributed by atoms with Gasteiger partial charge in [-0.3, -0.25) is 4.79 Å². The molecule has 0 amide bonds. The number of carbonyl (C=O) groups is 2. The number of hydrogen-bond acceptors (Lipinski definition) is 10. The molecule has 0 aromatic carbocycles. The molecule has 2 aliphatic heterocycles. The van der Waals surface area contributed by atoms with Gasteiger partial charge in [0.25, 0.3) is 0 Å². The second-order valence-corrected chi connectivity index (χ2v) is 10.7. The molecule has 0 bridgehead atoms. The topological polar surface area (TPSA) is 156 Å². The highest BCUT2D eigenvalue weighted by atomic mass is 16.7. The van der Waals surface area contributed by atoms with Gasteiger partial charge in [-0.15, -0.1) is 0 Å². The van der Waals surface area contributed by atoms with E-state index in [1.807, 2.05) is 19.9 Å². The van der Waals surface area contributed by atoms with Crippen molar-refractivity contribution in [1.29, 1.82) is 0 Å². The molecule has 5 rings (SSSR count). The Hall–Kier alpha value is -2.08. The monoisotopic (exact) mass is 492 g/mol. The van der Waals surface area contributed by atoms with E-state index in [0.29, 0.717) is 18.4 Å². The van der Waals surface area contributed by atoms with Crippen molar-refractivity contribution in [2.45, 2.75) is 82.4 Å². The van der Waals surface area contributed by atoms with E-state index in [0.717, 1.165) is 5.56 Å². The Kier molecular flexibility index (Phi) is 6.18. The molecular weight excluding hydrogens is 460 g/mol. The van der Waals surface area contributed by atoms with Crippen molar-refractivity contribution in [2.24, 2.45) is 16.7 Å². The number of allylic oxidation sites excluding steroid dienone is 1. The Bertz CT molecular complexity index is 1000. The van der Waals surface area contributed by atoms with Gasteiger partial charge in [0.2, 0.25) is 0 Å². The number of hydrogen-bond donors (Lipinski definition) is 4. The number of ketones is 1. The lowest BCUT2D eigenvalue weighted by Gasteiger charge is -2.58. The molecule has 10 unspecified atom stereocenters. The summed E-state index contributed by atoms with van der Waals surface area (Å²) >= 11 is 0. The highest BCUT2D eigenvalue weighted by Crippen LogP contribution is 2.62. The van der Waals surface area contributed by atoms with Gasteiger partial charge < -0.3 is 39.1 Å². The fourth-order valence-electron chi connectivity index (χ4n) is 6.56. The maximum Gasteiger partial charge on any atom is 0.334 e. The van der Waals surface area contributed by atoms with Gasteiger partial charge in [-0.1, -0.05) is 19.9 Å². The number of furan rings is 1. The first-order valence-electron chi connectivity index (χ1n) is 12.0. The van der Waals surface area contributed by atoms with E-state index in [4.69, 9.17) is 18.6 Å². The fourth-order valence-corrected chi connectivity index (χ4v) is 6.56. The van der Waals surface area contributed by atoms with Crippen LogP contribution in [0.2, 0.25) is 0 Å². The summed E-state index contributed by atoms with van der Waals surface area (Å²) in [6.45, 7) is 3.41. The molecule has 10 atom stereocenters. The van der Waals surface area contributed by atoms with Gasteiger partial charge in [-0.25, -0.2) is 4.79 Å². The van der Waals surface area contributed by atoms with Crippen LogP contribution < -0.4 is 0 Å². The molecule has 1 aromatic heterocycles. The summed E-state index contributed by atoms with van der Waals surface area (Å²) in [7, 11) is 0. The van der Waals surface area contributed by atoms with Gasteiger partial charge in [0.15, 0.2) is 6.29 Å². The number of carbonyl (C=O) groups excluding carboxylic acids is 2. The second kappa shape index (κ2) is 8.79. The molecule has 3 fully saturated rings. The predicted molar refractivity (Wildman–Crippen MR) is 117 cm³/mol. The summed E-state index contributed by atoms with van der Waals surface area (Å²) in [5.74, 6) is -0.701. The fraction of sp³-hybridized carbons (Fsp3) is 0.680. The van der Waals surface area contributed by atoms with Crippen LogP contribution in [0.1, 0.15) is 51.2 Å². The standard InChI is InChI=1S/C25H32O10/c1-24-5-3-14-22(31)33-15(12-4-6-32-11-12)9-25(14,2)17(24)7-13(27)8-18(24)35-23-21(30)20(29)19(28)16(10-26)34-23/h3-4,6,11,15-21,23,26,28-30H,5,7-10H2,1-2H3. The molecule has 10 nitrogen and oxygen atoms in total. The van der Waals surface area contributed by atoms with E-state index in [9.17, 15) is 30.0 Å². The van der Waals surface area contributed by atoms with Gasteiger partial charge in [0.1, 0.15) is 36.3 Å². The van der Waals surface area contributed by atoms with E-state index in [1.54, 1.807) is 12.3 Å². The van der Waals surface area contributed by atoms with Gasteiger partial charge in [-0.05, 0) is 24.8 Å². The zero-order chi connectivity index (χ0) is 25.1. The minimum Gasteiger partial charge on any atom is -0.472 e. The number of fused-ring (bicyclic) bond motifs is 3. The van der Waals surface area contributed by atoms with E-state index in [1.165, 1.54) is 6.26 Å². The molecule has 1 saturated carbocycles. The Labute approximate surface area is 202 Å². The van der Waals surface area contributed by atoms with Crippen molar-refractivity contribution in [3.8, 4) is 0 Å². The molecule has 3 heterocycles. The first-order chi connectivity index (χ1) is 16.6.